The van der Waals surface area contributed by atoms with Gasteiger partial charge in [0.1, 0.15) is 12.4 Å². The van der Waals surface area contributed by atoms with E-state index in [4.69, 9.17) is 18.9 Å². The van der Waals surface area contributed by atoms with Crippen molar-refractivity contribution in [3.63, 3.8) is 0 Å². The van der Waals surface area contributed by atoms with Crippen LogP contribution in [0.5, 0.6) is 23.0 Å². The zero-order chi connectivity index (χ0) is 22.7. The van der Waals surface area contributed by atoms with Gasteiger partial charge in [0.25, 0.3) is 5.56 Å². The predicted octanol–water partition coefficient (Wildman–Crippen LogP) is 2.96. The molecule has 0 spiro atoms. The van der Waals surface area contributed by atoms with Gasteiger partial charge in [0.05, 0.1) is 25.9 Å². The third-order valence-electron chi connectivity index (χ3n) is 4.65. The molecule has 0 amide bonds. The van der Waals surface area contributed by atoms with Crippen LogP contribution < -0.4 is 29.0 Å². The Hall–Kier alpha value is -3.85. The van der Waals surface area contributed by atoms with Crippen molar-refractivity contribution in [1.82, 2.24) is 14.6 Å². The third-order valence-corrected chi connectivity index (χ3v) is 5.61. The molecular formula is C23H21N3O5S. The maximum atomic E-state index is 12.9. The van der Waals surface area contributed by atoms with E-state index in [1.165, 1.54) is 15.9 Å². The number of thiazole rings is 1. The van der Waals surface area contributed by atoms with Gasteiger partial charge in [-0.25, -0.2) is 0 Å². The number of benzene rings is 2. The van der Waals surface area contributed by atoms with Gasteiger partial charge in [-0.05, 0) is 48.0 Å². The van der Waals surface area contributed by atoms with Gasteiger partial charge in [-0.1, -0.05) is 24.0 Å². The summed E-state index contributed by atoms with van der Waals surface area (Å²) in [6.07, 6.45) is 3.43. The Kier molecular flexibility index (Phi) is 6.09. The van der Waals surface area contributed by atoms with E-state index in [1.54, 1.807) is 45.6 Å². The van der Waals surface area contributed by atoms with E-state index in [-0.39, 0.29) is 5.56 Å². The summed E-state index contributed by atoms with van der Waals surface area (Å²) >= 11 is 1.26. The van der Waals surface area contributed by atoms with Crippen LogP contribution in [0.4, 0.5) is 0 Å². The number of methoxy groups -OCH3 is 3. The van der Waals surface area contributed by atoms with Crippen molar-refractivity contribution in [2.45, 2.75) is 0 Å². The molecular weight excluding hydrogens is 430 g/mol. The minimum Gasteiger partial charge on any atom is -0.493 e. The van der Waals surface area contributed by atoms with Crippen LogP contribution in [0.1, 0.15) is 5.56 Å². The first kappa shape index (κ1) is 21.4. The van der Waals surface area contributed by atoms with E-state index in [0.717, 1.165) is 16.9 Å². The molecule has 0 radical (unpaired) electrons. The van der Waals surface area contributed by atoms with Crippen LogP contribution in [0.3, 0.4) is 0 Å². The van der Waals surface area contributed by atoms with E-state index in [1.807, 2.05) is 24.3 Å². The summed E-state index contributed by atoms with van der Waals surface area (Å²) in [7, 11) is 4.63. The number of nitrogens with zero attached hydrogens (tertiary/aromatic N) is 3. The topological polar surface area (TPSA) is 84.2 Å². The van der Waals surface area contributed by atoms with Crippen molar-refractivity contribution in [2.75, 3.05) is 27.9 Å². The largest absolute Gasteiger partial charge is 0.493 e. The van der Waals surface area contributed by atoms with Gasteiger partial charge in [0, 0.05) is 5.56 Å². The average Bonchev–Trinajstić information content (AvgIpc) is 3.36. The molecule has 0 fully saturated rings. The molecule has 9 heteroatoms. The lowest BCUT2D eigenvalue weighted by Gasteiger charge is -2.12. The summed E-state index contributed by atoms with van der Waals surface area (Å²) in [5.41, 5.74) is 1.28. The molecule has 0 atom stereocenters. The maximum Gasteiger partial charge on any atom is 0.291 e. The van der Waals surface area contributed by atoms with Crippen LogP contribution in [-0.4, -0.2) is 42.5 Å². The second kappa shape index (κ2) is 9.11. The van der Waals surface area contributed by atoms with Gasteiger partial charge >= 0.3 is 0 Å². The molecule has 164 valence electrons. The van der Waals surface area contributed by atoms with Gasteiger partial charge in [-0.3, -0.25) is 4.79 Å². The van der Waals surface area contributed by atoms with Crippen LogP contribution in [0, 0.1) is 0 Å². The van der Waals surface area contributed by atoms with Gasteiger partial charge in [-0.15, -0.1) is 5.10 Å². The third kappa shape index (κ3) is 4.02. The highest BCUT2D eigenvalue weighted by atomic mass is 32.1. The average molecular weight is 452 g/mol. The maximum absolute atomic E-state index is 12.9. The van der Waals surface area contributed by atoms with E-state index >= 15 is 0 Å². The Morgan fingerprint density at radius 2 is 1.75 bits per heavy atom. The zero-order valence-corrected chi connectivity index (χ0v) is 18.6. The first-order chi connectivity index (χ1) is 15.6. The fourth-order valence-electron chi connectivity index (χ4n) is 3.15. The number of hydrogen-bond donors (Lipinski definition) is 0. The normalized spacial score (nSPS) is 11.5. The Labute approximate surface area is 188 Å². The molecule has 2 aromatic carbocycles. The number of fused-ring (bicyclic) bond motifs is 1. The summed E-state index contributed by atoms with van der Waals surface area (Å²) in [6.45, 7) is 4.06. The predicted molar refractivity (Wildman–Crippen MR) is 123 cm³/mol. The van der Waals surface area contributed by atoms with Gasteiger partial charge in [-0.2, -0.15) is 9.50 Å². The first-order valence-electron chi connectivity index (χ1n) is 9.63. The minimum absolute atomic E-state index is 0.247. The minimum atomic E-state index is -0.247. The van der Waals surface area contributed by atoms with E-state index in [9.17, 15) is 4.79 Å². The SMILES string of the molecule is C=CCOc1ccc(-c2nc3sc(=Cc4cc(OC)c(OC)c(OC)c4)c(=O)n3n2)cc1. The molecule has 2 aromatic heterocycles. The highest BCUT2D eigenvalue weighted by molar-refractivity contribution is 7.15. The molecule has 0 unspecified atom stereocenters. The van der Waals surface area contributed by atoms with E-state index in [2.05, 4.69) is 16.7 Å². The van der Waals surface area contributed by atoms with E-state index < -0.39 is 0 Å². The Bertz CT molecular complexity index is 1350. The Morgan fingerprint density at radius 1 is 1.06 bits per heavy atom. The lowest BCUT2D eigenvalue weighted by atomic mass is 10.1. The summed E-state index contributed by atoms with van der Waals surface area (Å²) in [5.74, 6) is 2.70. The highest BCUT2D eigenvalue weighted by Gasteiger charge is 2.15. The smallest absolute Gasteiger partial charge is 0.291 e. The van der Waals surface area contributed by atoms with Crippen molar-refractivity contribution in [1.29, 1.82) is 0 Å². The van der Waals surface area contributed by atoms with Crippen molar-refractivity contribution in [2.24, 2.45) is 0 Å². The van der Waals surface area contributed by atoms with Gasteiger partial charge < -0.3 is 18.9 Å². The number of ether oxygens (including phenoxy) is 4. The van der Waals surface area contributed by atoms with Crippen LogP contribution >= 0.6 is 11.3 Å². The van der Waals surface area contributed by atoms with Crippen LogP contribution in [-0.2, 0) is 0 Å². The van der Waals surface area contributed by atoms with E-state index in [0.29, 0.717) is 39.2 Å². The van der Waals surface area contributed by atoms with Crippen molar-refractivity contribution >= 4 is 22.4 Å². The van der Waals surface area contributed by atoms with Crippen molar-refractivity contribution in [3.05, 3.63) is 69.5 Å². The molecule has 0 aliphatic carbocycles. The quantitative estimate of drug-likeness (QED) is 0.381. The highest BCUT2D eigenvalue weighted by Crippen LogP contribution is 2.38. The second-order valence-electron chi connectivity index (χ2n) is 6.63. The fraction of sp³-hybridized carbons (Fsp3) is 0.174. The number of rotatable bonds is 8. The van der Waals surface area contributed by atoms with Gasteiger partial charge in [0.15, 0.2) is 17.3 Å². The summed E-state index contributed by atoms with van der Waals surface area (Å²) in [5, 5.41) is 4.39. The molecule has 4 aromatic rings. The zero-order valence-electron chi connectivity index (χ0n) is 17.8. The molecule has 0 aliphatic rings. The van der Waals surface area contributed by atoms with Crippen LogP contribution in [0.25, 0.3) is 22.4 Å². The van der Waals surface area contributed by atoms with Crippen LogP contribution in [0.2, 0.25) is 0 Å². The standard InChI is InChI=1S/C23H21N3O5S/c1-5-10-31-16-8-6-15(7-9-16)21-24-23-26(25-21)22(27)19(32-23)13-14-11-17(28-2)20(30-4)18(12-14)29-3/h5-9,11-13H,1,10H2,2-4H3. The second-order valence-corrected chi connectivity index (χ2v) is 7.64. The number of aromatic nitrogens is 3. The molecule has 8 nitrogen and oxygen atoms in total. The molecule has 0 bridgehead atoms. The monoisotopic (exact) mass is 451 g/mol. The van der Waals surface area contributed by atoms with Crippen molar-refractivity contribution in [3.8, 4) is 34.4 Å². The van der Waals surface area contributed by atoms with Gasteiger partial charge in [0.2, 0.25) is 10.7 Å². The Balaban J connectivity index is 1.70. The fourth-order valence-corrected chi connectivity index (χ4v) is 4.06. The molecule has 32 heavy (non-hydrogen) atoms. The molecule has 2 heterocycles. The molecule has 0 N–H and O–H groups in total. The van der Waals surface area contributed by atoms with Crippen molar-refractivity contribution < 1.29 is 18.9 Å². The summed E-state index contributed by atoms with van der Waals surface area (Å²) < 4.78 is 23.4. The molecule has 0 saturated carbocycles. The number of hydrogen-bond acceptors (Lipinski definition) is 8. The van der Waals surface area contributed by atoms with Crippen LogP contribution in [0.15, 0.2) is 53.8 Å². The molecule has 0 aliphatic heterocycles. The first-order valence-corrected chi connectivity index (χ1v) is 10.4. The lowest BCUT2D eigenvalue weighted by Crippen LogP contribution is -2.23. The summed E-state index contributed by atoms with van der Waals surface area (Å²) in [6, 6.07) is 10.9. The Morgan fingerprint density at radius 3 is 2.31 bits per heavy atom. The summed E-state index contributed by atoms with van der Waals surface area (Å²) in [4.78, 5) is 17.9. The molecule has 0 saturated heterocycles. The molecule has 4 rings (SSSR count). The lowest BCUT2D eigenvalue weighted by molar-refractivity contribution is 0.324.